The van der Waals surface area contributed by atoms with Crippen molar-refractivity contribution in [2.24, 2.45) is 5.92 Å². The third-order valence-electron chi connectivity index (χ3n) is 3.53. The number of amides is 2. The van der Waals surface area contributed by atoms with Crippen LogP contribution in [0.4, 0.5) is 4.79 Å². The third kappa shape index (κ3) is 5.34. The number of carboxylic acid groups (broad SMARTS) is 1. The lowest BCUT2D eigenvalue weighted by atomic mass is 10.1. The van der Waals surface area contributed by atoms with Gasteiger partial charge in [0.1, 0.15) is 0 Å². The molecule has 116 valence electrons. The van der Waals surface area contributed by atoms with Crippen molar-refractivity contribution in [1.29, 1.82) is 0 Å². The number of nitrogens with one attached hydrogen (secondary N) is 1. The maximum atomic E-state index is 12.1. The number of methoxy groups -OCH3 is 2. The first-order valence-corrected chi connectivity index (χ1v) is 6.84. The number of hydrogen-bond donors (Lipinski definition) is 2. The fourth-order valence-corrected chi connectivity index (χ4v) is 2.32. The van der Waals surface area contributed by atoms with Gasteiger partial charge >= 0.3 is 12.0 Å². The maximum absolute atomic E-state index is 12.1. The minimum Gasteiger partial charge on any atom is -0.481 e. The quantitative estimate of drug-likeness (QED) is 0.681. The van der Waals surface area contributed by atoms with E-state index in [0.29, 0.717) is 45.6 Å². The first-order valence-electron chi connectivity index (χ1n) is 6.84. The molecule has 0 spiro atoms. The molecule has 0 aromatic carbocycles. The molecule has 0 radical (unpaired) electrons. The topological polar surface area (TPSA) is 88.1 Å². The van der Waals surface area contributed by atoms with Crippen LogP contribution >= 0.6 is 0 Å². The second kappa shape index (κ2) is 8.76. The van der Waals surface area contributed by atoms with Crippen LogP contribution in [0.2, 0.25) is 0 Å². The van der Waals surface area contributed by atoms with Crippen molar-refractivity contribution in [2.75, 3.05) is 40.5 Å². The summed E-state index contributed by atoms with van der Waals surface area (Å²) in [6, 6.07) is -0.244. The maximum Gasteiger partial charge on any atom is 0.317 e. The summed E-state index contributed by atoms with van der Waals surface area (Å²) in [6.45, 7) is 1.89. The molecule has 1 fully saturated rings. The number of aliphatic carboxylic acids is 1. The van der Waals surface area contributed by atoms with Crippen molar-refractivity contribution < 1.29 is 24.2 Å². The molecule has 0 bridgehead atoms. The fraction of sp³-hybridized carbons (Fsp3) is 0.846. The highest BCUT2D eigenvalue weighted by Crippen LogP contribution is 2.25. The Balaban J connectivity index is 2.42. The molecule has 0 saturated heterocycles. The monoisotopic (exact) mass is 288 g/mol. The van der Waals surface area contributed by atoms with Gasteiger partial charge in [-0.15, -0.1) is 0 Å². The number of ether oxygens (including phenoxy) is 2. The second-order valence-corrected chi connectivity index (χ2v) is 4.97. The second-order valence-electron chi connectivity index (χ2n) is 4.97. The Kier molecular flexibility index (Phi) is 7.32. The van der Waals surface area contributed by atoms with Crippen LogP contribution in [0.15, 0.2) is 0 Å². The molecule has 1 aliphatic carbocycles. The van der Waals surface area contributed by atoms with Crippen LogP contribution in [0.1, 0.15) is 19.3 Å². The zero-order valence-electron chi connectivity index (χ0n) is 12.1. The first kappa shape index (κ1) is 16.7. The summed E-state index contributed by atoms with van der Waals surface area (Å²) in [7, 11) is 3.17. The van der Waals surface area contributed by atoms with Gasteiger partial charge in [0.25, 0.3) is 0 Å². The molecule has 0 heterocycles. The van der Waals surface area contributed by atoms with E-state index >= 15 is 0 Å². The van der Waals surface area contributed by atoms with Gasteiger partial charge in [0, 0.05) is 33.4 Å². The van der Waals surface area contributed by atoms with Crippen molar-refractivity contribution in [2.45, 2.75) is 25.3 Å². The molecule has 1 aliphatic rings. The summed E-state index contributed by atoms with van der Waals surface area (Å²) >= 11 is 0. The molecule has 1 saturated carbocycles. The van der Waals surface area contributed by atoms with Crippen LogP contribution in [0, 0.1) is 5.92 Å². The lowest BCUT2D eigenvalue weighted by Crippen LogP contribution is -2.46. The number of urea groups is 1. The summed E-state index contributed by atoms with van der Waals surface area (Å²) in [4.78, 5) is 24.7. The van der Waals surface area contributed by atoms with Crippen LogP contribution in [-0.2, 0) is 14.3 Å². The number of carbonyl (C=O) groups is 2. The summed E-state index contributed by atoms with van der Waals surface area (Å²) in [6.07, 6.45) is 1.84. The molecule has 7 heteroatoms. The van der Waals surface area contributed by atoms with Gasteiger partial charge in [-0.1, -0.05) is 0 Å². The van der Waals surface area contributed by atoms with E-state index in [1.807, 2.05) is 0 Å². The van der Waals surface area contributed by atoms with Crippen LogP contribution in [0.5, 0.6) is 0 Å². The molecule has 2 N–H and O–H groups in total. The Morgan fingerprint density at radius 2 is 1.80 bits per heavy atom. The minimum atomic E-state index is -0.780. The Morgan fingerprint density at radius 3 is 2.25 bits per heavy atom. The van der Waals surface area contributed by atoms with Gasteiger partial charge in [-0.2, -0.15) is 0 Å². The van der Waals surface area contributed by atoms with Gasteiger partial charge in [-0.25, -0.2) is 4.79 Å². The number of carbonyl (C=O) groups excluding carboxylic acids is 1. The van der Waals surface area contributed by atoms with E-state index in [1.54, 1.807) is 19.1 Å². The Morgan fingerprint density at radius 1 is 1.20 bits per heavy atom. The highest BCUT2D eigenvalue weighted by Gasteiger charge is 2.31. The van der Waals surface area contributed by atoms with Gasteiger partial charge < -0.3 is 24.8 Å². The molecule has 0 aromatic rings. The molecular formula is C13H24N2O5. The molecule has 1 rings (SSSR count). The smallest absolute Gasteiger partial charge is 0.317 e. The lowest BCUT2D eigenvalue weighted by molar-refractivity contribution is -0.141. The fourth-order valence-electron chi connectivity index (χ4n) is 2.32. The van der Waals surface area contributed by atoms with Crippen molar-refractivity contribution in [3.63, 3.8) is 0 Å². The Labute approximate surface area is 119 Å². The summed E-state index contributed by atoms with van der Waals surface area (Å²) in [5.74, 6) is -1.12. The SMILES string of the molecule is COCCN(CCOC)C(=O)NC1CCC(C(=O)O)C1. The predicted octanol–water partition coefficient (Wildman–Crippen LogP) is 0.544. The van der Waals surface area contributed by atoms with E-state index in [2.05, 4.69) is 5.32 Å². The molecule has 0 aromatic heterocycles. The van der Waals surface area contributed by atoms with Gasteiger partial charge in [0.15, 0.2) is 0 Å². The van der Waals surface area contributed by atoms with Gasteiger partial charge in [-0.3, -0.25) is 4.79 Å². The molecular weight excluding hydrogens is 264 g/mol. The van der Waals surface area contributed by atoms with Crippen LogP contribution in [0.3, 0.4) is 0 Å². The van der Waals surface area contributed by atoms with E-state index in [9.17, 15) is 9.59 Å². The highest BCUT2D eigenvalue weighted by atomic mass is 16.5. The summed E-state index contributed by atoms with van der Waals surface area (Å²) in [5.41, 5.74) is 0. The molecule has 0 aliphatic heterocycles. The average Bonchev–Trinajstić information content (AvgIpc) is 2.87. The van der Waals surface area contributed by atoms with Crippen LogP contribution in [0.25, 0.3) is 0 Å². The molecule has 2 unspecified atom stereocenters. The van der Waals surface area contributed by atoms with E-state index in [4.69, 9.17) is 14.6 Å². The standard InChI is InChI=1S/C13H24N2O5/c1-19-7-5-15(6-8-20-2)13(18)14-11-4-3-10(9-11)12(16)17/h10-11H,3-9H2,1-2H3,(H,14,18)(H,16,17). The molecule has 20 heavy (non-hydrogen) atoms. The third-order valence-corrected chi connectivity index (χ3v) is 3.53. The first-order chi connectivity index (χ1) is 9.58. The van der Waals surface area contributed by atoms with E-state index in [-0.39, 0.29) is 18.0 Å². The summed E-state index contributed by atoms with van der Waals surface area (Å²) < 4.78 is 9.96. The van der Waals surface area contributed by atoms with E-state index in [1.165, 1.54) is 0 Å². The van der Waals surface area contributed by atoms with Crippen molar-refractivity contribution in [3.05, 3.63) is 0 Å². The average molecular weight is 288 g/mol. The molecule has 2 amide bonds. The van der Waals surface area contributed by atoms with Gasteiger partial charge in [0.2, 0.25) is 0 Å². The van der Waals surface area contributed by atoms with E-state index in [0.717, 1.165) is 0 Å². The van der Waals surface area contributed by atoms with Gasteiger partial charge in [0.05, 0.1) is 19.1 Å². The number of rotatable bonds is 8. The number of hydrogen-bond acceptors (Lipinski definition) is 4. The minimum absolute atomic E-state index is 0.0591. The zero-order valence-corrected chi connectivity index (χ0v) is 12.1. The highest BCUT2D eigenvalue weighted by molar-refractivity contribution is 5.75. The normalized spacial score (nSPS) is 21.7. The predicted molar refractivity (Wildman–Crippen MR) is 72.6 cm³/mol. The number of carboxylic acids is 1. The van der Waals surface area contributed by atoms with Crippen molar-refractivity contribution >= 4 is 12.0 Å². The number of nitrogens with zero attached hydrogens (tertiary/aromatic N) is 1. The van der Waals surface area contributed by atoms with Crippen molar-refractivity contribution in [1.82, 2.24) is 10.2 Å². The molecule has 7 nitrogen and oxygen atoms in total. The Bertz CT molecular complexity index is 316. The van der Waals surface area contributed by atoms with E-state index < -0.39 is 5.97 Å². The molecule has 2 atom stereocenters. The lowest BCUT2D eigenvalue weighted by Gasteiger charge is -2.24. The zero-order chi connectivity index (χ0) is 15.0. The summed E-state index contributed by atoms with van der Waals surface area (Å²) in [5, 5.41) is 11.8. The van der Waals surface area contributed by atoms with Crippen molar-refractivity contribution in [3.8, 4) is 0 Å². The van der Waals surface area contributed by atoms with Crippen LogP contribution < -0.4 is 5.32 Å². The van der Waals surface area contributed by atoms with Crippen LogP contribution in [-0.4, -0.2) is 68.6 Å². The van der Waals surface area contributed by atoms with Gasteiger partial charge in [-0.05, 0) is 19.3 Å². The Hall–Kier alpha value is -1.34. The largest absolute Gasteiger partial charge is 0.481 e.